The average molecular weight is 862 g/mol. The standard InChI is InChI=1S/C17H25NO5S.C11H15NO2.C9H16O4S.C4H8.ClH/c1-13-7-9-14(10-8-13)12-15(17(20)23-2)18-16(19)6-4-5-11-24(3,21)22;1-8-3-5-9(6-4-8)7-10(12)11(13)14-2;1-14(12,13)7-3-6-9(8(10)11)4-2-5-9;1-2-4-3-1;/h7-10,15H,4-6,11-12H2,1-3H3,(H,18,19);3-6,10H,7,12H2,1-2H3;2-7H2,1H3,(H,10,11);1-4H2;1H. The van der Waals surface area contributed by atoms with Crippen LogP contribution in [0.2, 0.25) is 0 Å². The van der Waals surface area contributed by atoms with E-state index in [-0.39, 0.29) is 42.2 Å². The number of halogens is 1. The second-order valence-corrected chi connectivity index (χ2v) is 19.3. The Morgan fingerprint density at radius 2 is 1.16 bits per heavy atom. The molecule has 0 aromatic heterocycles. The maximum absolute atomic E-state index is 12.0. The molecule has 0 saturated heterocycles. The molecule has 2 aromatic carbocycles. The van der Waals surface area contributed by atoms with E-state index in [1.165, 1.54) is 58.0 Å². The Bertz CT molecular complexity index is 1720. The molecule has 13 nitrogen and oxygen atoms in total. The summed E-state index contributed by atoms with van der Waals surface area (Å²) in [4.78, 5) is 45.8. The molecule has 2 aliphatic rings. The van der Waals surface area contributed by atoms with Gasteiger partial charge in [0.25, 0.3) is 0 Å². The molecule has 2 saturated carbocycles. The van der Waals surface area contributed by atoms with Gasteiger partial charge in [-0.1, -0.05) is 91.8 Å². The van der Waals surface area contributed by atoms with E-state index < -0.39 is 49.1 Å². The van der Waals surface area contributed by atoms with Crippen LogP contribution in [0.1, 0.15) is 99.3 Å². The summed E-state index contributed by atoms with van der Waals surface area (Å²) < 4.78 is 53.1. The largest absolute Gasteiger partial charge is 0.481 e. The van der Waals surface area contributed by atoms with E-state index in [0.717, 1.165) is 23.1 Å². The maximum Gasteiger partial charge on any atom is 0.328 e. The average Bonchev–Trinajstić information content (AvgIpc) is 3.07. The molecule has 4 rings (SSSR count). The van der Waals surface area contributed by atoms with E-state index in [4.69, 9.17) is 15.6 Å². The van der Waals surface area contributed by atoms with Gasteiger partial charge in [-0.15, -0.1) is 12.4 Å². The number of unbranched alkanes of at least 4 members (excludes halogenated alkanes) is 1. The predicted molar refractivity (Wildman–Crippen MR) is 226 cm³/mol. The van der Waals surface area contributed by atoms with E-state index in [9.17, 15) is 36.0 Å². The van der Waals surface area contributed by atoms with Crippen molar-refractivity contribution in [3.8, 4) is 0 Å². The topological polar surface area (TPSA) is 213 Å². The number of carboxylic acid groups (broad SMARTS) is 1. The lowest BCUT2D eigenvalue weighted by Gasteiger charge is -2.37. The van der Waals surface area contributed by atoms with E-state index in [1.807, 2.05) is 62.4 Å². The van der Waals surface area contributed by atoms with E-state index in [0.29, 0.717) is 51.4 Å². The quantitative estimate of drug-likeness (QED) is 0.133. The Hall–Kier alpha value is -3.53. The number of carbonyl (C=O) groups excluding carboxylic acids is 3. The molecule has 0 radical (unpaired) electrons. The highest BCUT2D eigenvalue weighted by atomic mass is 35.5. The van der Waals surface area contributed by atoms with Crippen molar-refractivity contribution in [1.82, 2.24) is 5.32 Å². The van der Waals surface area contributed by atoms with Crippen molar-refractivity contribution in [3.63, 3.8) is 0 Å². The summed E-state index contributed by atoms with van der Waals surface area (Å²) in [7, 11) is -3.34. The number of benzene rings is 2. The lowest BCUT2D eigenvalue weighted by molar-refractivity contribution is -0.155. The van der Waals surface area contributed by atoms with Crippen LogP contribution in [0.4, 0.5) is 0 Å². The first kappa shape index (κ1) is 53.5. The van der Waals surface area contributed by atoms with Crippen LogP contribution in [-0.2, 0) is 61.2 Å². The Morgan fingerprint density at radius 1 is 0.719 bits per heavy atom. The molecule has 0 bridgehead atoms. The normalized spacial score (nSPS) is 14.9. The molecule has 0 aliphatic heterocycles. The SMILES string of the molecule is C1CCC1.COC(=O)C(Cc1ccc(C)cc1)NC(=O)CCCCS(C)(=O)=O.COC(=O)C(N)Cc1ccc(C)cc1.CS(=O)(=O)CCCC1(C(=O)O)CCC1.Cl. The molecule has 2 aliphatic carbocycles. The fourth-order valence-electron chi connectivity index (χ4n) is 5.52. The first-order chi connectivity index (χ1) is 26.2. The number of esters is 2. The second kappa shape index (κ2) is 27.2. The number of nitrogens with one attached hydrogen (secondary N) is 1. The Kier molecular flexibility index (Phi) is 25.5. The number of amides is 1. The third-order valence-electron chi connectivity index (χ3n) is 9.57. The van der Waals surface area contributed by atoms with E-state index in [1.54, 1.807) is 0 Å². The minimum absolute atomic E-state index is 0. The van der Waals surface area contributed by atoms with Crippen LogP contribution in [0.5, 0.6) is 0 Å². The molecule has 16 heteroatoms. The second-order valence-electron chi connectivity index (χ2n) is 14.8. The lowest BCUT2D eigenvalue weighted by atomic mass is 9.66. The molecule has 4 N–H and O–H groups in total. The number of aryl methyl sites for hydroxylation is 2. The highest BCUT2D eigenvalue weighted by molar-refractivity contribution is 7.90. The Balaban J connectivity index is 0.000000814. The molecule has 57 heavy (non-hydrogen) atoms. The molecule has 2 atom stereocenters. The van der Waals surface area contributed by atoms with Gasteiger partial charge < -0.3 is 25.6 Å². The zero-order valence-corrected chi connectivity index (χ0v) is 36.9. The van der Waals surface area contributed by atoms with Gasteiger partial charge in [0.2, 0.25) is 5.91 Å². The van der Waals surface area contributed by atoms with Crippen LogP contribution >= 0.6 is 12.4 Å². The van der Waals surface area contributed by atoms with Gasteiger partial charge in [-0.2, -0.15) is 0 Å². The van der Waals surface area contributed by atoms with Gasteiger partial charge >= 0.3 is 17.9 Å². The van der Waals surface area contributed by atoms with Gasteiger partial charge in [-0.3, -0.25) is 14.4 Å². The monoisotopic (exact) mass is 860 g/mol. The first-order valence-corrected chi connectivity index (χ1v) is 23.2. The van der Waals surface area contributed by atoms with Crippen LogP contribution in [-0.4, -0.2) is 96.1 Å². The number of nitrogens with two attached hydrogens (primary N) is 1. The molecule has 2 unspecified atom stereocenters. The molecule has 324 valence electrons. The molecule has 2 fully saturated rings. The van der Waals surface area contributed by atoms with Crippen molar-refractivity contribution in [2.75, 3.05) is 38.2 Å². The highest BCUT2D eigenvalue weighted by Gasteiger charge is 2.43. The third-order valence-corrected chi connectivity index (χ3v) is 11.6. The van der Waals surface area contributed by atoms with Gasteiger partial charge in [0, 0.05) is 36.9 Å². The van der Waals surface area contributed by atoms with Gasteiger partial charge in [0.05, 0.1) is 19.6 Å². The summed E-state index contributed by atoms with van der Waals surface area (Å²) in [5.41, 5.74) is 9.30. The van der Waals surface area contributed by atoms with Crippen molar-refractivity contribution < 1.29 is 50.6 Å². The van der Waals surface area contributed by atoms with Crippen LogP contribution in [0, 0.1) is 19.3 Å². The minimum atomic E-state index is -3.01. The van der Waals surface area contributed by atoms with Crippen LogP contribution < -0.4 is 11.1 Å². The molecule has 0 spiro atoms. The smallest absolute Gasteiger partial charge is 0.328 e. The van der Waals surface area contributed by atoms with Crippen LogP contribution in [0.3, 0.4) is 0 Å². The molecular weight excluding hydrogens is 796 g/mol. The number of ether oxygens (including phenoxy) is 2. The van der Waals surface area contributed by atoms with E-state index in [2.05, 4.69) is 10.1 Å². The highest BCUT2D eigenvalue weighted by Crippen LogP contribution is 2.45. The van der Waals surface area contributed by atoms with Crippen molar-refractivity contribution in [2.24, 2.45) is 11.1 Å². The van der Waals surface area contributed by atoms with Gasteiger partial charge in [-0.25, -0.2) is 21.6 Å². The van der Waals surface area contributed by atoms with Crippen molar-refractivity contribution >= 4 is 55.9 Å². The summed E-state index contributed by atoms with van der Waals surface area (Å²) in [6.07, 6.45) is 13.6. The van der Waals surface area contributed by atoms with Crippen molar-refractivity contribution in [1.29, 1.82) is 0 Å². The summed E-state index contributed by atoms with van der Waals surface area (Å²) in [6.45, 7) is 3.99. The maximum atomic E-state index is 12.0. The molecule has 0 heterocycles. The van der Waals surface area contributed by atoms with E-state index >= 15 is 0 Å². The third kappa shape index (κ3) is 24.1. The van der Waals surface area contributed by atoms with Gasteiger partial charge in [-0.05, 0) is 69.9 Å². The minimum Gasteiger partial charge on any atom is -0.481 e. The zero-order valence-electron chi connectivity index (χ0n) is 34.4. The van der Waals surface area contributed by atoms with Gasteiger partial charge in [0.1, 0.15) is 31.8 Å². The Morgan fingerprint density at radius 3 is 1.53 bits per heavy atom. The molecule has 1 amide bonds. The summed E-state index contributed by atoms with van der Waals surface area (Å²) in [5, 5.41) is 11.6. The van der Waals surface area contributed by atoms with Crippen LogP contribution in [0.25, 0.3) is 0 Å². The number of aliphatic carboxylic acids is 1. The lowest BCUT2D eigenvalue weighted by Crippen LogP contribution is -2.43. The number of rotatable bonds is 17. The van der Waals surface area contributed by atoms with Crippen LogP contribution in [0.15, 0.2) is 48.5 Å². The number of carboxylic acids is 1. The summed E-state index contributed by atoms with van der Waals surface area (Å²) >= 11 is 0. The zero-order chi connectivity index (χ0) is 42.4. The predicted octanol–water partition coefficient (Wildman–Crippen LogP) is 5.50. The molecule has 2 aromatic rings. The van der Waals surface area contributed by atoms with Crippen molar-refractivity contribution in [3.05, 3.63) is 70.8 Å². The fraction of sp³-hybridized carbons (Fsp3) is 0.610. The van der Waals surface area contributed by atoms with Crippen molar-refractivity contribution in [2.45, 2.75) is 116 Å². The number of hydrogen-bond donors (Lipinski definition) is 3. The fourth-order valence-corrected chi connectivity index (χ4v) is 6.92. The number of carbonyl (C=O) groups is 4. The Labute approximate surface area is 346 Å². The number of hydrogen-bond acceptors (Lipinski definition) is 11. The number of sulfone groups is 2. The number of methoxy groups -OCH3 is 2. The molecular formula is C41H65ClN2O11S2. The summed E-state index contributed by atoms with van der Waals surface area (Å²) in [5.74, 6) is -1.76. The van der Waals surface area contributed by atoms with Gasteiger partial charge in [0.15, 0.2) is 0 Å². The first-order valence-electron chi connectivity index (χ1n) is 19.1. The summed E-state index contributed by atoms with van der Waals surface area (Å²) in [6, 6.07) is 14.3.